The fraction of sp³-hybridized carbons (Fsp3) is 0.357. The van der Waals surface area contributed by atoms with Gasteiger partial charge in [0.1, 0.15) is 11.9 Å². The molecule has 1 fully saturated rings. The third-order valence-electron chi connectivity index (χ3n) is 5.93. The van der Waals surface area contributed by atoms with Crippen molar-refractivity contribution in [3.05, 3.63) is 94.7 Å². The molecule has 186 valence electrons. The maximum absolute atomic E-state index is 12.5. The first-order chi connectivity index (χ1) is 16.5. The molecule has 0 aliphatic carbocycles. The van der Waals surface area contributed by atoms with E-state index in [-0.39, 0.29) is 29.6 Å². The van der Waals surface area contributed by atoms with Gasteiger partial charge in [0, 0.05) is 38.7 Å². The average Bonchev–Trinajstić information content (AvgIpc) is 2.81. The van der Waals surface area contributed by atoms with Crippen LogP contribution in [0.5, 0.6) is 0 Å². The number of nitrogens with zero attached hydrogens (tertiary/aromatic N) is 2. The SMILES string of the molecule is CC(c1ccc(-c2ccc(=O)n(C)c2)cc1)N1CCC(CC(C)(C)O)OC1=O.Fc1ccccc1. The third-order valence-corrected chi connectivity index (χ3v) is 5.93. The number of carbonyl (C=O) groups excluding carboxylic acids is 1. The Hall–Kier alpha value is -3.45. The van der Waals surface area contributed by atoms with Gasteiger partial charge in [-0.25, -0.2) is 9.18 Å². The van der Waals surface area contributed by atoms with Crippen LogP contribution in [-0.2, 0) is 11.8 Å². The van der Waals surface area contributed by atoms with Gasteiger partial charge in [-0.2, -0.15) is 0 Å². The Morgan fingerprint density at radius 2 is 1.66 bits per heavy atom. The summed E-state index contributed by atoms with van der Waals surface area (Å²) < 4.78 is 19.0. The van der Waals surface area contributed by atoms with Crippen molar-refractivity contribution in [1.29, 1.82) is 0 Å². The van der Waals surface area contributed by atoms with Gasteiger partial charge in [-0.3, -0.25) is 4.79 Å². The Labute approximate surface area is 205 Å². The zero-order valence-electron chi connectivity index (χ0n) is 20.6. The monoisotopic (exact) mass is 480 g/mol. The van der Waals surface area contributed by atoms with Crippen LogP contribution in [0.2, 0.25) is 0 Å². The molecule has 7 heteroatoms. The summed E-state index contributed by atoms with van der Waals surface area (Å²) in [7, 11) is 1.73. The number of aliphatic hydroxyl groups is 1. The van der Waals surface area contributed by atoms with Gasteiger partial charge in [0.15, 0.2) is 0 Å². The summed E-state index contributed by atoms with van der Waals surface area (Å²) in [5.41, 5.74) is 2.10. The molecule has 1 N–H and O–H groups in total. The second-order valence-corrected chi connectivity index (χ2v) is 9.46. The van der Waals surface area contributed by atoms with E-state index >= 15 is 0 Å². The van der Waals surface area contributed by atoms with Crippen molar-refractivity contribution in [3.8, 4) is 11.1 Å². The number of aromatic nitrogens is 1. The summed E-state index contributed by atoms with van der Waals surface area (Å²) >= 11 is 0. The summed E-state index contributed by atoms with van der Waals surface area (Å²) in [6.07, 6.45) is 2.37. The van der Waals surface area contributed by atoms with Gasteiger partial charge in [-0.1, -0.05) is 42.5 Å². The largest absolute Gasteiger partial charge is 0.446 e. The maximum atomic E-state index is 12.5. The van der Waals surface area contributed by atoms with E-state index in [1.165, 1.54) is 12.1 Å². The molecule has 1 aromatic heterocycles. The highest BCUT2D eigenvalue weighted by atomic mass is 19.1. The van der Waals surface area contributed by atoms with E-state index in [1.807, 2.05) is 43.5 Å². The number of pyridine rings is 1. The fourth-order valence-corrected chi connectivity index (χ4v) is 4.01. The number of hydrogen-bond donors (Lipinski definition) is 1. The minimum absolute atomic E-state index is 0.0412. The lowest BCUT2D eigenvalue weighted by Crippen LogP contribution is -2.45. The second kappa shape index (κ2) is 11.3. The molecule has 2 aromatic carbocycles. The number of hydrogen-bond acceptors (Lipinski definition) is 4. The van der Waals surface area contributed by atoms with Crippen molar-refractivity contribution >= 4 is 6.09 Å². The maximum Gasteiger partial charge on any atom is 0.410 e. The van der Waals surface area contributed by atoms with Crippen molar-refractivity contribution in [1.82, 2.24) is 9.47 Å². The van der Waals surface area contributed by atoms with Crippen LogP contribution in [0, 0.1) is 5.82 Å². The van der Waals surface area contributed by atoms with Crippen molar-refractivity contribution in [3.63, 3.8) is 0 Å². The van der Waals surface area contributed by atoms with Crippen LogP contribution in [0.15, 0.2) is 77.7 Å². The van der Waals surface area contributed by atoms with E-state index in [0.29, 0.717) is 19.4 Å². The molecule has 0 bridgehead atoms. The molecular weight excluding hydrogens is 447 g/mol. The Balaban J connectivity index is 0.000000420. The minimum atomic E-state index is -0.852. The number of halogens is 1. The Morgan fingerprint density at radius 1 is 1.03 bits per heavy atom. The first-order valence-corrected chi connectivity index (χ1v) is 11.7. The number of ether oxygens (including phenoxy) is 1. The molecule has 2 atom stereocenters. The Bertz CT molecular complexity index is 1170. The fourth-order valence-electron chi connectivity index (χ4n) is 4.01. The number of benzene rings is 2. The van der Waals surface area contributed by atoms with Gasteiger partial charge in [-0.05, 0) is 55.7 Å². The molecule has 1 aliphatic heterocycles. The van der Waals surface area contributed by atoms with Crippen LogP contribution >= 0.6 is 0 Å². The van der Waals surface area contributed by atoms with Gasteiger partial charge in [0.2, 0.25) is 5.56 Å². The molecule has 2 unspecified atom stereocenters. The van der Waals surface area contributed by atoms with Gasteiger partial charge < -0.3 is 19.3 Å². The van der Waals surface area contributed by atoms with Gasteiger partial charge in [-0.15, -0.1) is 0 Å². The highest BCUT2D eigenvalue weighted by Crippen LogP contribution is 2.29. The summed E-state index contributed by atoms with van der Waals surface area (Å²) in [5, 5.41) is 9.94. The molecule has 1 aliphatic rings. The van der Waals surface area contributed by atoms with Crippen molar-refractivity contribution in [2.75, 3.05) is 6.54 Å². The molecule has 3 aromatic rings. The van der Waals surface area contributed by atoms with Gasteiger partial charge in [0.05, 0.1) is 11.6 Å². The molecule has 2 heterocycles. The molecule has 0 spiro atoms. The van der Waals surface area contributed by atoms with Crippen LogP contribution < -0.4 is 5.56 Å². The average molecular weight is 481 g/mol. The summed E-state index contributed by atoms with van der Waals surface area (Å²) in [5.74, 6) is -0.178. The zero-order chi connectivity index (χ0) is 25.6. The van der Waals surface area contributed by atoms with Crippen molar-refractivity contribution in [2.45, 2.75) is 51.4 Å². The quantitative estimate of drug-likeness (QED) is 0.537. The number of cyclic esters (lactones) is 1. The summed E-state index contributed by atoms with van der Waals surface area (Å²) in [4.78, 5) is 25.7. The first-order valence-electron chi connectivity index (χ1n) is 11.7. The zero-order valence-corrected chi connectivity index (χ0v) is 20.6. The van der Waals surface area contributed by atoms with E-state index in [1.54, 1.807) is 54.6 Å². The van der Waals surface area contributed by atoms with Crippen molar-refractivity contribution in [2.24, 2.45) is 7.05 Å². The third kappa shape index (κ3) is 7.52. The molecule has 4 rings (SSSR count). The number of rotatable bonds is 5. The number of amides is 1. The molecule has 0 saturated carbocycles. The second-order valence-electron chi connectivity index (χ2n) is 9.46. The van der Waals surface area contributed by atoms with Crippen LogP contribution in [0.25, 0.3) is 11.1 Å². The number of carbonyl (C=O) groups is 1. The topological polar surface area (TPSA) is 71.8 Å². The molecular formula is C28H33FN2O4. The minimum Gasteiger partial charge on any atom is -0.446 e. The normalized spacial score (nSPS) is 16.7. The molecule has 1 saturated heterocycles. The molecule has 6 nitrogen and oxygen atoms in total. The van der Waals surface area contributed by atoms with E-state index in [2.05, 4.69) is 0 Å². The summed E-state index contributed by atoms with van der Waals surface area (Å²) in [6.45, 7) is 6.03. The standard InChI is InChI=1S/C22H28N2O4.C6H5F/c1-15(24-12-11-19(28-21(24)26)13-22(2,3)27)16-5-7-17(8-6-16)18-9-10-20(25)23(4)14-18;7-6-4-2-1-3-5-6/h5-10,14-15,19,27H,11-13H2,1-4H3;1-5H. The van der Waals surface area contributed by atoms with E-state index in [0.717, 1.165) is 16.7 Å². The van der Waals surface area contributed by atoms with Crippen LogP contribution in [0.4, 0.5) is 9.18 Å². The van der Waals surface area contributed by atoms with Crippen LogP contribution in [-0.4, -0.2) is 38.9 Å². The molecule has 0 radical (unpaired) electrons. The lowest BCUT2D eigenvalue weighted by molar-refractivity contribution is -0.0309. The molecule has 35 heavy (non-hydrogen) atoms. The first kappa shape index (κ1) is 26.2. The predicted octanol–water partition coefficient (Wildman–Crippen LogP) is 5.31. The molecule has 1 amide bonds. The highest BCUT2D eigenvalue weighted by Gasteiger charge is 2.33. The van der Waals surface area contributed by atoms with E-state index < -0.39 is 5.60 Å². The lowest BCUT2D eigenvalue weighted by Gasteiger charge is -2.37. The van der Waals surface area contributed by atoms with E-state index in [9.17, 15) is 19.1 Å². The van der Waals surface area contributed by atoms with E-state index in [4.69, 9.17) is 4.74 Å². The summed E-state index contributed by atoms with van der Waals surface area (Å²) in [6, 6.07) is 19.2. The Kier molecular flexibility index (Phi) is 8.46. The lowest BCUT2D eigenvalue weighted by atomic mass is 9.97. The predicted molar refractivity (Wildman–Crippen MR) is 134 cm³/mol. The van der Waals surface area contributed by atoms with Gasteiger partial charge >= 0.3 is 6.09 Å². The Morgan fingerprint density at radius 3 is 2.17 bits per heavy atom. The highest BCUT2D eigenvalue weighted by molar-refractivity contribution is 5.69. The van der Waals surface area contributed by atoms with Crippen molar-refractivity contribution < 1.29 is 19.0 Å². The van der Waals surface area contributed by atoms with Gasteiger partial charge in [0.25, 0.3) is 0 Å². The van der Waals surface area contributed by atoms with Crippen LogP contribution in [0.3, 0.4) is 0 Å². The number of aryl methyl sites for hydroxylation is 1. The van der Waals surface area contributed by atoms with Crippen LogP contribution in [0.1, 0.15) is 45.2 Å². The smallest absolute Gasteiger partial charge is 0.410 e.